The van der Waals surface area contributed by atoms with Crippen LogP contribution in [0.5, 0.6) is 0 Å². The molecular weight excluding hydrogens is 743 g/mol. The molecule has 1 saturated heterocycles. The summed E-state index contributed by atoms with van der Waals surface area (Å²) in [5.74, 6) is -3.15. The topological polar surface area (TPSA) is 272 Å². The predicted molar refractivity (Wildman–Crippen MR) is 187 cm³/mol. The minimum Gasteiger partial charge on any atom is -0.457 e. The summed E-state index contributed by atoms with van der Waals surface area (Å²) in [6.07, 6.45) is -0.295. The van der Waals surface area contributed by atoms with Gasteiger partial charge in [-0.25, -0.2) is 23.7 Å². The van der Waals surface area contributed by atoms with Crippen molar-refractivity contribution in [1.29, 1.82) is 0 Å². The van der Waals surface area contributed by atoms with Gasteiger partial charge in [-0.15, -0.1) is 11.3 Å². The molecule has 0 saturated carbocycles. The van der Waals surface area contributed by atoms with Crippen molar-refractivity contribution < 1.29 is 56.0 Å². The number of rotatable bonds is 12. The van der Waals surface area contributed by atoms with E-state index < -0.39 is 87.0 Å². The Hall–Kier alpha value is -4.90. The molecule has 2 atom stereocenters. The second-order valence-corrected chi connectivity index (χ2v) is 17.2. The minimum absolute atomic E-state index is 0.0157. The van der Waals surface area contributed by atoms with Gasteiger partial charge < -0.3 is 29.7 Å². The number of anilines is 1. The van der Waals surface area contributed by atoms with Gasteiger partial charge in [0.1, 0.15) is 40.3 Å². The Morgan fingerprint density at radius 3 is 2.09 bits per heavy atom. The van der Waals surface area contributed by atoms with Crippen molar-refractivity contribution >= 4 is 62.5 Å². The normalized spacial score (nSPS) is 17.0. The molecule has 21 nitrogen and oxygen atoms in total. The van der Waals surface area contributed by atoms with E-state index in [1.807, 2.05) is 0 Å². The van der Waals surface area contributed by atoms with Gasteiger partial charge in [-0.3, -0.25) is 19.5 Å². The van der Waals surface area contributed by atoms with Crippen molar-refractivity contribution in [1.82, 2.24) is 34.9 Å². The van der Waals surface area contributed by atoms with Gasteiger partial charge in [0.05, 0.1) is 19.3 Å². The first-order valence-electron chi connectivity index (χ1n) is 16.0. The number of amides is 4. The number of carbonyl (C=O) groups excluding carboxylic acids is 5. The molecule has 0 radical (unpaired) electrons. The van der Waals surface area contributed by atoms with E-state index in [4.69, 9.17) is 19.0 Å². The largest absolute Gasteiger partial charge is 0.457 e. The molecule has 2 aromatic rings. The summed E-state index contributed by atoms with van der Waals surface area (Å²) < 4.78 is 50.0. The van der Waals surface area contributed by atoms with Crippen LogP contribution in [-0.4, -0.2) is 107 Å². The van der Waals surface area contributed by atoms with Crippen LogP contribution in [0.1, 0.15) is 87.5 Å². The van der Waals surface area contributed by atoms with E-state index in [9.17, 15) is 36.9 Å². The number of thiazole rings is 1. The Morgan fingerprint density at radius 1 is 0.943 bits per heavy atom. The van der Waals surface area contributed by atoms with Crippen LogP contribution in [0.4, 0.5) is 14.7 Å². The smallest absolute Gasteiger partial charge is 0.413 e. The number of nitrogens with one attached hydrogen (secondary N) is 3. The summed E-state index contributed by atoms with van der Waals surface area (Å²) >= 11 is 0.880. The number of hydrogen-bond acceptors (Lipinski definition) is 16. The van der Waals surface area contributed by atoms with Crippen LogP contribution in [0.15, 0.2) is 16.7 Å². The monoisotopic (exact) mass is 787 g/mol. The molecule has 0 unspecified atom stereocenters. The quantitative estimate of drug-likeness (QED) is 0.0599. The summed E-state index contributed by atoms with van der Waals surface area (Å²) in [6, 6.07) is -3.03. The molecule has 4 amide bonds. The first kappa shape index (κ1) is 42.5. The standard InChI is InChI=1S/C30H45N9O12S2/c1-27(2,3)48-23(42)30(10,11)51-37-19(17-15-52-24(33-17)35-26(44)50-29(7,8)9)21(40)34-20-18(39(22(20)41)53(45,46)47)14-38-32-13-16(36-38)12-31-25(43)49-28(4,5)6/h13,15,18,20H,12,14H2,1-11H3,(H,31,43)(H,34,40)(H,33,35,44)(H,45,46,47)/b37-19+/t18-,20+/m1/s1. The van der Waals surface area contributed by atoms with Crippen molar-refractivity contribution in [3.05, 3.63) is 23.0 Å². The first-order chi connectivity index (χ1) is 24.0. The van der Waals surface area contributed by atoms with Crippen molar-refractivity contribution in [2.24, 2.45) is 5.16 Å². The lowest BCUT2D eigenvalue weighted by molar-refractivity contribution is -0.179. The van der Waals surface area contributed by atoms with Gasteiger partial charge in [0, 0.05) is 5.38 Å². The maximum atomic E-state index is 13.8. The van der Waals surface area contributed by atoms with Crippen LogP contribution >= 0.6 is 11.3 Å². The third-order valence-corrected chi connectivity index (χ3v) is 7.98. The van der Waals surface area contributed by atoms with Gasteiger partial charge in [-0.2, -0.15) is 23.4 Å². The summed E-state index contributed by atoms with van der Waals surface area (Å²) in [5.41, 5.74) is -4.74. The minimum atomic E-state index is -5.11. The SMILES string of the molecule is CC(C)(C)OC(=O)NCc1cnn(C[C@@H]2[C@H](NC(=O)/C(=N/OC(C)(C)C(=O)OC(C)(C)C)c3csc(NC(=O)OC(C)(C)C)n3)C(=O)N2S(=O)(=O)O)n1. The Morgan fingerprint density at radius 2 is 1.53 bits per heavy atom. The van der Waals surface area contributed by atoms with Gasteiger partial charge in [0.25, 0.3) is 11.8 Å². The molecule has 1 fully saturated rings. The Labute approximate surface area is 310 Å². The number of alkyl carbamates (subject to hydrolysis) is 1. The maximum absolute atomic E-state index is 13.8. The first-order valence-corrected chi connectivity index (χ1v) is 18.3. The fourth-order valence-corrected chi connectivity index (χ4v) is 5.68. The maximum Gasteiger partial charge on any atom is 0.413 e. The highest BCUT2D eigenvalue weighted by atomic mass is 32.2. The van der Waals surface area contributed by atoms with Crippen LogP contribution in [-0.2, 0) is 56.8 Å². The number of nitrogens with zero attached hydrogens (tertiary/aromatic N) is 6. The van der Waals surface area contributed by atoms with Crippen LogP contribution < -0.4 is 16.0 Å². The summed E-state index contributed by atoms with van der Waals surface area (Å²) in [4.78, 5) is 74.6. The molecule has 53 heavy (non-hydrogen) atoms. The molecule has 0 bridgehead atoms. The van der Waals surface area contributed by atoms with Gasteiger partial charge in [-0.05, 0) is 76.2 Å². The van der Waals surface area contributed by atoms with Crippen LogP contribution in [0.3, 0.4) is 0 Å². The molecule has 0 aromatic carbocycles. The molecule has 2 aromatic heterocycles. The Bertz CT molecular complexity index is 1850. The number of carbonyl (C=O) groups is 5. The molecule has 3 heterocycles. The number of aromatic nitrogens is 4. The highest BCUT2D eigenvalue weighted by Gasteiger charge is 2.54. The van der Waals surface area contributed by atoms with Gasteiger partial charge >= 0.3 is 28.5 Å². The van der Waals surface area contributed by atoms with Crippen LogP contribution in [0.25, 0.3) is 0 Å². The highest BCUT2D eigenvalue weighted by molar-refractivity contribution is 7.84. The highest BCUT2D eigenvalue weighted by Crippen LogP contribution is 2.26. The molecule has 1 aliphatic heterocycles. The second-order valence-electron chi connectivity index (χ2n) is 15.1. The molecule has 294 valence electrons. The predicted octanol–water partition coefficient (Wildman–Crippen LogP) is 2.15. The Balaban J connectivity index is 1.89. The third-order valence-electron chi connectivity index (χ3n) is 6.28. The van der Waals surface area contributed by atoms with E-state index in [-0.39, 0.29) is 27.4 Å². The van der Waals surface area contributed by atoms with E-state index in [1.54, 1.807) is 62.3 Å². The lowest BCUT2D eigenvalue weighted by Crippen LogP contribution is -2.73. The van der Waals surface area contributed by atoms with Crippen LogP contribution in [0, 0.1) is 0 Å². The lowest BCUT2D eigenvalue weighted by atomic mass is 9.98. The number of hydrogen-bond donors (Lipinski definition) is 4. The average molecular weight is 788 g/mol. The van der Waals surface area contributed by atoms with Crippen molar-refractivity contribution in [3.8, 4) is 0 Å². The Kier molecular flexibility index (Phi) is 12.5. The fourth-order valence-electron chi connectivity index (χ4n) is 4.13. The lowest BCUT2D eigenvalue weighted by Gasteiger charge is -2.43. The molecule has 4 N–H and O–H groups in total. The van der Waals surface area contributed by atoms with Crippen molar-refractivity contribution in [3.63, 3.8) is 0 Å². The number of oxime groups is 1. The molecule has 1 aliphatic rings. The molecule has 23 heteroatoms. The van der Waals surface area contributed by atoms with Gasteiger partial charge in [0.15, 0.2) is 10.8 Å². The van der Waals surface area contributed by atoms with Gasteiger partial charge in [0.2, 0.25) is 5.60 Å². The van der Waals surface area contributed by atoms with E-state index in [1.165, 1.54) is 25.4 Å². The molecule has 0 aliphatic carbocycles. The third kappa shape index (κ3) is 12.6. The summed E-state index contributed by atoms with van der Waals surface area (Å²) in [7, 11) is -5.11. The zero-order chi connectivity index (χ0) is 40.3. The molecule has 0 spiro atoms. The summed E-state index contributed by atoms with van der Waals surface area (Å²) in [5, 5.41) is 20.6. The fraction of sp³-hybridized carbons (Fsp3) is 0.633. The second kappa shape index (κ2) is 15.6. The number of ether oxygens (including phenoxy) is 3. The van der Waals surface area contributed by atoms with E-state index in [2.05, 4.69) is 36.3 Å². The zero-order valence-electron chi connectivity index (χ0n) is 31.2. The average Bonchev–Trinajstić information content (AvgIpc) is 3.60. The van der Waals surface area contributed by atoms with Crippen molar-refractivity contribution in [2.75, 3.05) is 5.32 Å². The summed E-state index contributed by atoms with van der Waals surface area (Å²) in [6.45, 7) is 17.0. The van der Waals surface area contributed by atoms with Crippen molar-refractivity contribution in [2.45, 2.75) is 124 Å². The number of β-lactam (4-membered cyclic amide) rings is 1. The van der Waals surface area contributed by atoms with E-state index in [0.717, 1.165) is 16.1 Å². The van der Waals surface area contributed by atoms with E-state index in [0.29, 0.717) is 0 Å². The molecule has 3 rings (SSSR count). The number of esters is 1. The van der Waals surface area contributed by atoms with Gasteiger partial charge in [-0.1, -0.05) is 5.16 Å². The van der Waals surface area contributed by atoms with E-state index >= 15 is 0 Å². The zero-order valence-corrected chi connectivity index (χ0v) is 32.8. The molecular formula is C30H45N9O12S2. The van der Waals surface area contributed by atoms with Crippen LogP contribution in [0.2, 0.25) is 0 Å².